The number of nitrogens with one attached hydrogen (secondary N) is 1. The lowest BCUT2D eigenvalue weighted by Crippen LogP contribution is -2.50. The monoisotopic (exact) mass is 725 g/mol. The van der Waals surface area contributed by atoms with Crippen LogP contribution in [0.1, 0.15) is 120 Å². The molecule has 0 bridgehead atoms. The van der Waals surface area contributed by atoms with Gasteiger partial charge in [0.2, 0.25) is 5.88 Å². The van der Waals surface area contributed by atoms with Crippen molar-refractivity contribution in [3.63, 3.8) is 0 Å². The second kappa shape index (κ2) is 14.6. The molecule has 10 heteroatoms. The van der Waals surface area contributed by atoms with Crippen LogP contribution in [0.3, 0.4) is 0 Å². The van der Waals surface area contributed by atoms with Crippen LogP contribution in [0.2, 0.25) is 5.15 Å². The Morgan fingerprint density at radius 2 is 1.60 bits per heavy atom. The van der Waals surface area contributed by atoms with E-state index in [1.807, 2.05) is 51.1 Å². The zero-order valence-electron chi connectivity index (χ0n) is 32.2. The summed E-state index contributed by atoms with van der Waals surface area (Å²) in [6, 6.07) is 13.0. The molecule has 2 fully saturated rings. The van der Waals surface area contributed by atoms with E-state index in [2.05, 4.69) is 57.8 Å². The van der Waals surface area contributed by atoms with E-state index in [4.69, 9.17) is 30.3 Å². The number of benzene rings is 2. The molecule has 52 heavy (non-hydrogen) atoms. The van der Waals surface area contributed by atoms with Crippen LogP contribution in [0, 0.1) is 19.3 Å². The third kappa shape index (κ3) is 6.69. The van der Waals surface area contributed by atoms with E-state index in [-0.39, 0.29) is 16.9 Å². The zero-order valence-corrected chi connectivity index (χ0v) is 33.0. The highest BCUT2D eigenvalue weighted by atomic mass is 35.5. The molecular weight excluding hydrogens is 673 g/mol. The van der Waals surface area contributed by atoms with Crippen LogP contribution >= 0.6 is 11.6 Å². The van der Waals surface area contributed by atoms with Crippen molar-refractivity contribution in [3.05, 3.63) is 80.1 Å². The smallest absolute Gasteiger partial charge is 0.440 e. The molecule has 0 unspecified atom stereocenters. The number of aromatic nitrogens is 1. The number of aryl methyl sites for hydroxylation is 1. The van der Waals surface area contributed by atoms with Crippen LogP contribution in [0.25, 0.3) is 22.2 Å². The van der Waals surface area contributed by atoms with Gasteiger partial charge in [-0.2, -0.15) is 0 Å². The lowest BCUT2D eigenvalue weighted by atomic mass is 9.75. The summed E-state index contributed by atoms with van der Waals surface area (Å²) in [7, 11) is -0.659. The minimum Gasteiger partial charge on any atom is -0.440 e. The molecule has 0 spiro atoms. The van der Waals surface area contributed by atoms with Crippen molar-refractivity contribution in [3.8, 4) is 11.3 Å². The molecule has 6 rings (SSSR count). The zero-order chi connectivity index (χ0) is 37.6. The molecule has 8 nitrogen and oxygen atoms in total. The van der Waals surface area contributed by atoms with Crippen LogP contribution in [0.4, 0.5) is 11.6 Å². The Bertz CT molecular complexity index is 2010. The molecule has 0 saturated carbocycles. The second-order valence-electron chi connectivity index (χ2n) is 15.6. The minimum absolute atomic E-state index is 0.00554. The summed E-state index contributed by atoms with van der Waals surface area (Å²) in [4.78, 5) is 33.4. The normalized spacial score (nSPS) is 18.5. The van der Waals surface area contributed by atoms with E-state index in [1.165, 1.54) is 0 Å². The summed E-state index contributed by atoms with van der Waals surface area (Å²) in [6.45, 7) is 20.7. The number of rotatable bonds is 11. The first-order valence-electron chi connectivity index (χ1n) is 19.0. The third-order valence-electron chi connectivity index (χ3n) is 12.0. The minimum atomic E-state index is -0.659. The summed E-state index contributed by atoms with van der Waals surface area (Å²) in [5.74, 6) is 0.654. The summed E-state index contributed by atoms with van der Waals surface area (Å²) < 4.78 is 20.1. The standard InChI is InChI=1S/C42H53BClN3O5/c1-10-41(11-2)42(12-3,13-4)52-43(51-41)33-15-14-29(24-30(33)25-48)36-34(16-17-35(44)46-36)45-28(7)31-22-26(5)23-32-37(49)27(6)39(50-38(31)32)47-20-18-40(8,9)19-21-47/h14-17,22-25,28,45H,10-13,18-21H2,1-9H3/t28-/m1/s1. The second-order valence-corrected chi connectivity index (χ2v) is 16.0. The van der Waals surface area contributed by atoms with Crippen LogP contribution in [0.15, 0.2) is 51.7 Å². The maximum absolute atomic E-state index is 13.8. The fourth-order valence-electron chi connectivity index (χ4n) is 8.51. The van der Waals surface area contributed by atoms with Gasteiger partial charge in [0, 0.05) is 29.8 Å². The molecule has 2 aromatic carbocycles. The molecule has 0 aliphatic carbocycles. The third-order valence-corrected chi connectivity index (χ3v) is 12.2. The number of pyridine rings is 1. The van der Waals surface area contributed by atoms with E-state index in [0.29, 0.717) is 44.3 Å². The summed E-state index contributed by atoms with van der Waals surface area (Å²) in [5, 5.41) is 4.54. The molecule has 4 heterocycles. The number of nitrogens with zero attached hydrogens (tertiary/aromatic N) is 2. The molecule has 2 aliphatic rings. The van der Waals surface area contributed by atoms with Crippen LogP contribution in [-0.2, 0) is 9.31 Å². The van der Waals surface area contributed by atoms with Gasteiger partial charge in [0.1, 0.15) is 17.0 Å². The average molecular weight is 726 g/mol. The Kier molecular flexibility index (Phi) is 10.7. The van der Waals surface area contributed by atoms with E-state index < -0.39 is 18.3 Å². The maximum Gasteiger partial charge on any atom is 0.495 e. The van der Waals surface area contributed by atoms with Crippen LogP contribution in [-0.4, -0.2) is 42.7 Å². The fourth-order valence-corrected chi connectivity index (χ4v) is 8.66. The number of hydrogen-bond acceptors (Lipinski definition) is 8. The van der Waals surface area contributed by atoms with Gasteiger partial charge in [-0.3, -0.25) is 9.59 Å². The summed E-state index contributed by atoms with van der Waals surface area (Å²) in [6.07, 6.45) is 6.17. The summed E-state index contributed by atoms with van der Waals surface area (Å²) >= 11 is 6.49. The Hall–Kier alpha value is -3.66. The number of piperidine rings is 1. The highest BCUT2D eigenvalue weighted by Gasteiger charge is 2.58. The van der Waals surface area contributed by atoms with Crippen molar-refractivity contribution in [2.75, 3.05) is 23.3 Å². The van der Waals surface area contributed by atoms with Crippen molar-refractivity contribution in [1.82, 2.24) is 4.98 Å². The van der Waals surface area contributed by atoms with Gasteiger partial charge in [0.05, 0.1) is 39.6 Å². The predicted molar refractivity (Wildman–Crippen MR) is 213 cm³/mol. The van der Waals surface area contributed by atoms with Gasteiger partial charge in [0.15, 0.2) is 5.43 Å². The molecular formula is C42H53BClN3O5. The van der Waals surface area contributed by atoms with Gasteiger partial charge in [0.25, 0.3) is 0 Å². The highest BCUT2D eigenvalue weighted by molar-refractivity contribution is 6.63. The molecule has 4 aromatic rings. The molecule has 2 aromatic heterocycles. The van der Waals surface area contributed by atoms with E-state index in [1.54, 1.807) is 6.07 Å². The van der Waals surface area contributed by atoms with Gasteiger partial charge >= 0.3 is 7.12 Å². The topological polar surface area (TPSA) is 93.9 Å². The van der Waals surface area contributed by atoms with E-state index in [0.717, 1.165) is 80.3 Å². The number of halogens is 1. The van der Waals surface area contributed by atoms with Gasteiger partial charge < -0.3 is 23.9 Å². The lowest BCUT2D eigenvalue weighted by Gasteiger charge is -2.42. The average Bonchev–Trinajstić information content (AvgIpc) is 3.48. The van der Waals surface area contributed by atoms with Gasteiger partial charge in [-0.15, -0.1) is 0 Å². The fraction of sp³-hybridized carbons (Fsp3) is 0.500. The van der Waals surface area contributed by atoms with Crippen molar-refractivity contribution in [2.45, 2.75) is 118 Å². The Balaban J connectivity index is 1.36. The number of anilines is 2. The van der Waals surface area contributed by atoms with Gasteiger partial charge in [-0.25, -0.2) is 4.98 Å². The molecule has 1 N–H and O–H groups in total. The number of fused-ring (bicyclic) bond motifs is 1. The lowest BCUT2D eigenvalue weighted by molar-refractivity contribution is -0.0601. The van der Waals surface area contributed by atoms with Gasteiger partial charge in [-0.05, 0) is 100 Å². The number of hydrogen-bond donors (Lipinski definition) is 1. The molecule has 276 valence electrons. The SMILES string of the molecule is CCC1(CC)OB(c2ccc(-c3nc(Cl)ccc3N[C@H](C)c3cc(C)cc4c(=O)c(C)c(N5CCC(C)(C)CC5)oc34)cc2C=O)OC1(CC)CC. The number of carbonyl (C=O) groups excluding carboxylic acids is 1. The first-order chi connectivity index (χ1) is 24.7. The number of aldehydes is 1. The highest BCUT2D eigenvalue weighted by Crippen LogP contribution is 2.47. The van der Waals surface area contributed by atoms with Crippen molar-refractivity contribution in [1.29, 1.82) is 0 Å². The van der Waals surface area contributed by atoms with Crippen molar-refractivity contribution >= 4 is 53.0 Å². The molecule has 2 saturated heterocycles. The summed E-state index contributed by atoms with van der Waals surface area (Å²) in [5.41, 5.74) is 5.67. The van der Waals surface area contributed by atoms with Crippen molar-refractivity contribution < 1.29 is 18.5 Å². The number of carbonyl (C=O) groups is 1. The molecule has 0 radical (unpaired) electrons. The maximum atomic E-state index is 13.8. The van der Waals surface area contributed by atoms with Crippen LogP contribution < -0.4 is 21.1 Å². The molecule has 1 atom stereocenters. The quantitative estimate of drug-likeness (QED) is 0.0929. The Labute approximate surface area is 313 Å². The Morgan fingerprint density at radius 1 is 0.962 bits per heavy atom. The van der Waals surface area contributed by atoms with E-state index in [9.17, 15) is 9.59 Å². The van der Waals surface area contributed by atoms with Crippen molar-refractivity contribution in [2.24, 2.45) is 5.41 Å². The van der Waals surface area contributed by atoms with E-state index >= 15 is 0 Å². The first kappa shape index (κ1) is 38.1. The van der Waals surface area contributed by atoms with Crippen LogP contribution in [0.5, 0.6) is 0 Å². The largest absolute Gasteiger partial charge is 0.495 e. The first-order valence-corrected chi connectivity index (χ1v) is 19.3. The predicted octanol–water partition coefficient (Wildman–Crippen LogP) is 9.60. The molecule has 0 amide bonds. The molecule has 2 aliphatic heterocycles. The van der Waals surface area contributed by atoms with Gasteiger partial charge in [-0.1, -0.05) is 71.3 Å². The Morgan fingerprint density at radius 3 is 2.19 bits per heavy atom.